The first-order chi connectivity index (χ1) is 11.1. The predicted molar refractivity (Wildman–Crippen MR) is 80.2 cm³/mol. The lowest BCUT2D eigenvalue weighted by atomic mass is 10.00. The van der Waals surface area contributed by atoms with E-state index in [1.165, 1.54) is 18.5 Å². The van der Waals surface area contributed by atoms with Crippen molar-refractivity contribution in [3.05, 3.63) is 54.0 Å². The fourth-order valence-corrected chi connectivity index (χ4v) is 3.25. The van der Waals surface area contributed by atoms with Crippen molar-refractivity contribution in [2.75, 3.05) is 6.61 Å². The quantitative estimate of drug-likeness (QED) is 0.863. The number of rotatable bonds is 4. The topological polar surface area (TPSA) is 80.2 Å². The number of allylic oxidation sites excluding steroid dienone is 1. The first-order valence-corrected chi connectivity index (χ1v) is 7.46. The zero-order valence-corrected chi connectivity index (χ0v) is 12.8. The number of aliphatic hydroxyl groups excluding tert-OH is 1. The van der Waals surface area contributed by atoms with Crippen LogP contribution < -0.4 is 5.53 Å². The average molecular weight is 317 g/mol. The lowest BCUT2D eigenvalue weighted by molar-refractivity contribution is 0.0775. The number of aliphatic hydroxyl groups is 1. The highest BCUT2D eigenvalue weighted by atomic mass is 19.1. The minimum atomic E-state index is -0.726. The van der Waals surface area contributed by atoms with Crippen LogP contribution in [0.1, 0.15) is 31.4 Å². The van der Waals surface area contributed by atoms with E-state index in [1.54, 1.807) is 18.3 Å². The molecule has 1 N–H and O–H groups in total. The fraction of sp³-hybridized carbons (Fsp3) is 0.438. The monoisotopic (exact) mass is 317 g/mol. The molecule has 6 nitrogen and oxygen atoms in total. The van der Waals surface area contributed by atoms with Crippen molar-refractivity contribution in [1.29, 1.82) is 0 Å². The number of hydrogen-bond acceptors (Lipinski definition) is 5. The summed E-state index contributed by atoms with van der Waals surface area (Å²) in [5.41, 5.74) is 9.78. The van der Waals surface area contributed by atoms with Crippen LogP contribution in [0.4, 0.5) is 4.39 Å². The molecule has 2 aliphatic rings. The van der Waals surface area contributed by atoms with Crippen molar-refractivity contribution >= 4 is 0 Å². The van der Waals surface area contributed by atoms with Crippen LogP contribution in [0.3, 0.4) is 0 Å². The maximum atomic E-state index is 13.5. The van der Waals surface area contributed by atoms with E-state index < -0.39 is 11.8 Å². The summed E-state index contributed by atoms with van der Waals surface area (Å²) in [7, 11) is 0. The number of pyridine rings is 1. The second-order valence-electron chi connectivity index (χ2n) is 6.06. The van der Waals surface area contributed by atoms with Crippen molar-refractivity contribution in [3.8, 4) is 0 Å². The highest BCUT2D eigenvalue weighted by molar-refractivity contribution is 5.29. The third-order valence-electron chi connectivity index (χ3n) is 4.45. The molecule has 1 saturated heterocycles. The number of ether oxygens (including phenoxy) is 1. The van der Waals surface area contributed by atoms with Gasteiger partial charge in [0.2, 0.25) is 6.23 Å². The summed E-state index contributed by atoms with van der Waals surface area (Å²) in [4.78, 5) is 5.95. The van der Waals surface area contributed by atoms with Gasteiger partial charge in [-0.15, -0.1) is 5.11 Å². The third kappa shape index (κ3) is 2.84. The molecule has 0 saturated carbocycles. The summed E-state index contributed by atoms with van der Waals surface area (Å²) in [6, 6.07) is 1.35. The second-order valence-corrected chi connectivity index (χ2v) is 6.06. The second kappa shape index (κ2) is 6.08. The van der Waals surface area contributed by atoms with E-state index in [2.05, 4.69) is 10.1 Å². The van der Waals surface area contributed by atoms with Gasteiger partial charge in [-0.2, -0.15) is 0 Å². The average Bonchev–Trinajstić information content (AvgIpc) is 2.93. The molecule has 1 aromatic heterocycles. The highest BCUT2D eigenvalue weighted by Gasteiger charge is 2.44. The van der Waals surface area contributed by atoms with E-state index in [0.29, 0.717) is 0 Å². The molecule has 3 rings (SSSR count). The molecule has 1 unspecified atom stereocenters. The summed E-state index contributed by atoms with van der Waals surface area (Å²) in [6.07, 6.45) is 8.51. The van der Waals surface area contributed by atoms with E-state index in [0.717, 1.165) is 24.1 Å². The van der Waals surface area contributed by atoms with Crippen molar-refractivity contribution in [2.24, 2.45) is 5.11 Å². The lowest BCUT2D eigenvalue weighted by Gasteiger charge is -2.40. The summed E-state index contributed by atoms with van der Waals surface area (Å²) in [5.74, 6) is -0.386. The SMILES string of the molecule is C[C@@]1(CO)CC[C@H](c2cncc(F)c2)N1C1=COC(N=[N])C=C1. The van der Waals surface area contributed by atoms with Crippen molar-refractivity contribution in [2.45, 2.75) is 37.6 Å². The van der Waals surface area contributed by atoms with Gasteiger partial charge in [0.25, 0.3) is 0 Å². The Hall–Kier alpha value is -2.28. The van der Waals surface area contributed by atoms with Crippen molar-refractivity contribution < 1.29 is 14.2 Å². The summed E-state index contributed by atoms with van der Waals surface area (Å²) in [6.45, 7) is 1.92. The molecule has 0 spiro atoms. The normalized spacial score (nSPS) is 30.0. The molecule has 3 atom stereocenters. The number of aromatic nitrogens is 1. The fourth-order valence-electron chi connectivity index (χ4n) is 3.25. The molecule has 0 bridgehead atoms. The third-order valence-corrected chi connectivity index (χ3v) is 4.45. The van der Waals surface area contributed by atoms with Crippen molar-refractivity contribution in [1.82, 2.24) is 15.4 Å². The first-order valence-electron chi connectivity index (χ1n) is 7.46. The van der Waals surface area contributed by atoms with Gasteiger partial charge in [-0.3, -0.25) is 4.98 Å². The molecule has 2 aliphatic heterocycles. The maximum absolute atomic E-state index is 13.5. The Bertz CT molecular complexity index is 663. The lowest BCUT2D eigenvalue weighted by Crippen LogP contribution is -2.44. The number of hydrogen-bond donors (Lipinski definition) is 1. The van der Waals surface area contributed by atoms with Crippen LogP contribution in [0.5, 0.6) is 0 Å². The molecule has 1 fully saturated rings. The van der Waals surface area contributed by atoms with Gasteiger partial charge in [0, 0.05) is 6.20 Å². The standard InChI is InChI=1S/C16H18FN4O2/c1-16(10-22)5-4-14(11-6-12(17)8-19-7-11)21(16)13-2-3-15(20-18)23-9-13/h2-3,6-9,14-15,22H,4-5,10H2,1H3/t14-,15?,16+/m1/s1. The molecule has 1 radical (unpaired) electrons. The Morgan fingerprint density at radius 1 is 1.57 bits per heavy atom. The van der Waals surface area contributed by atoms with Gasteiger partial charge in [-0.1, -0.05) is 0 Å². The van der Waals surface area contributed by atoms with Crippen LogP contribution >= 0.6 is 0 Å². The van der Waals surface area contributed by atoms with Gasteiger partial charge in [-0.25, -0.2) is 4.39 Å². The summed E-state index contributed by atoms with van der Waals surface area (Å²) in [5, 5.41) is 12.9. The minimum absolute atomic E-state index is 0.0365. The zero-order valence-electron chi connectivity index (χ0n) is 12.8. The number of halogens is 1. The highest BCUT2D eigenvalue weighted by Crippen LogP contribution is 2.45. The van der Waals surface area contributed by atoms with E-state index in [9.17, 15) is 9.50 Å². The Morgan fingerprint density at radius 2 is 2.39 bits per heavy atom. The van der Waals surface area contributed by atoms with Crippen LogP contribution in [0, 0.1) is 5.82 Å². The molecule has 23 heavy (non-hydrogen) atoms. The summed E-state index contributed by atoms with van der Waals surface area (Å²) < 4.78 is 18.9. The van der Waals surface area contributed by atoms with Crippen LogP contribution in [-0.4, -0.2) is 33.4 Å². The summed E-state index contributed by atoms with van der Waals surface area (Å²) >= 11 is 0. The van der Waals surface area contributed by atoms with E-state index in [4.69, 9.17) is 10.3 Å². The molecular formula is C16H18FN4O2. The maximum Gasteiger partial charge on any atom is 0.229 e. The van der Waals surface area contributed by atoms with Crippen LogP contribution in [-0.2, 0) is 4.74 Å². The Kier molecular flexibility index (Phi) is 4.12. The Labute approximate surface area is 133 Å². The van der Waals surface area contributed by atoms with Crippen LogP contribution in [0.15, 0.2) is 47.7 Å². The van der Waals surface area contributed by atoms with Gasteiger partial charge in [0.1, 0.15) is 12.1 Å². The van der Waals surface area contributed by atoms with Gasteiger partial charge in [0.05, 0.1) is 30.1 Å². The molecule has 0 amide bonds. The Morgan fingerprint density at radius 3 is 3.00 bits per heavy atom. The number of likely N-dealkylation sites (tertiary alicyclic amines) is 1. The van der Waals surface area contributed by atoms with Gasteiger partial charge in [0.15, 0.2) is 0 Å². The minimum Gasteiger partial charge on any atom is -0.469 e. The van der Waals surface area contributed by atoms with Gasteiger partial charge in [-0.05, 0) is 49.1 Å². The van der Waals surface area contributed by atoms with Crippen molar-refractivity contribution in [3.63, 3.8) is 0 Å². The van der Waals surface area contributed by atoms with Gasteiger partial charge >= 0.3 is 0 Å². The van der Waals surface area contributed by atoms with Crippen LogP contribution in [0.2, 0.25) is 0 Å². The molecule has 0 aliphatic carbocycles. The molecule has 121 valence electrons. The van der Waals surface area contributed by atoms with Crippen LogP contribution in [0.25, 0.3) is 0 Å². The molecular weight excluding hydrogens is 299 g/mol. The Balaban J connectivity index is 1.96. The zero-order chi connectivity index (χ0) is 16.4. The van der Waals surface area contributed by atoms with E-state index >= 15 is 0 Å². The molecule has 7 heteroatoms. The number of nitrogens with zero attached hydrogens (tertiary/aromatic N) is 4. The first kappa shape index (κ1) is 15.6. The van der Waals surface area contributed by atoms with Gasteiger partial charge < -0.3 is 14.7 Å². The molecule has 3 heterocycles. The largest absolute Gasteiger partial charge is 0.469 e. The molecule has 1 aromatic rings. The molecule has 0 aromatic carbocycles. The van der Waals surface area contributed by atoms with E-state index in [-0.39, 0.29) is 18.5 Å². The smallest absolute Gasteiger partial charge is 0.229 e. The van der Waals surface area contributed by atoms with E-state index in [1.807, 2.05) is 11.8 Å². The predicted octanol–water partition coefficient (Wildman–Crippen LogP) is 2.11.